The minimum Gasteiger partial charge on any atom is -0.493 e. The Balaban J connectivity index is 2.78. The van der Waals surface area contributed by atoms with Crippen LogP contribution in [0.2, 0.25) is 0 Å². The van der Waals surface area contributed by atoms with Crippen LogP contribution in [-0.4, -0.2) is 16.5 Å². The minimum atomic E-state index is -0.0727. The van der Waals surface area contributed by atoms with Gasteiger partial charge in [0.25, 0.3) is 0 Å². The number of rotatable bonds is 2. The van der Waals surface area contributed by atoms with Gasteiger partial charge in [0, 0.05) is 6.07 Å². The number of aromatic hydroxyl groups is 1. The molecule has 1 aromatic heterocycles. The van der Waals surface area contributed by atoms with Crippen LogP contribution < -0.4 is 5.32 Å². The monoisotopic (exact) mass is 137 g/mol. The van der Waals surface area contributed by atoms with Gasteiger partial charge in [-0.3, -0.25) is 4.79 Å². The summed E-state index contributed by atoms with van der Waals surface area (Å²) in [5, 5.41) is 10.9. The molecule has 0 aliphatic carbocycles. The van der Waals surface area contributed by atoms with E-state index < -0.39 is 0 Å². The third-order valence-corrected chi connectivity index (χ3v) is 0.943. The summed E-state index contributed by atoms with van der Waals surface area (Å²) in [7, 11) is 0. The van der Waals surface area contributed by atoms with Crippen molar-refractivity contribution in [3.05, 3.63) is 18.3 Å². The van der Waals surface area contributed by atoms with E-state index in [0.29, 0.717) is 5.69 Å². The number of nitrogens with zero attached hydrogens (tertiary/aromatic N) is 1. The van der Waals surface area contributed by atoms with E-state index in [0.717, 1.165) is 0 Å². The number of aromatic nitrogens is 1. The van der Waals surface area contributed by atoms with Gasteiger partial charge in [0.1, 0.15) is 0 Å². The van der Waals surface area contributed by atoms with Crippen molar-refractivity contribution >= 4 is 12.1 Å². The topological polar surface area (TPSA) is 62.2 Å². The van der Waals surface area contributed by atoms with Gasteiger partial charge in [0.2, 0.25) is 5.88 Å². The van der Waals surface area contributed by atoms with Crippen LogP contribution >= 0.6 is 0 Å². The van der Waals surface area contributed by atoms with Crippen molar-refractivity contribution in [3.8, 4) is 5.88 Å². The first-order chi connectivity index (χ1) is 4.83. The van der Waals surface area contributed by atoms with Crippen LogP contribution in [0.3, 0.4) is 0 Å². The standard InChI is InChI=1S/C6H5N2O2/c9-4-8-5-1-2-6(10)7-3-5/h1-3H,(H,7,10)(H,8,9). The molecule has 4 nitrogen and oxygen atoms in total. The van der Waals surface area contributed by atoms with E-state index >= 15 is 0 Å². The van der Waals surface area contributed by atoms with E-state index in [1.807, 2.05) is 0 Å². The summed E-state index contributed by atoms with van der Waals surface area (Å²) in [6.45, 7) is 0. The van der Waals surface area contributed by atoms with E-state index in [2.05, 4.69) is 10.3 Å². The molecule has 1 aromatic rings. The molecule has 0 aromatic carbocycles. The maximum absolute atomic E-state index is 9.73. The number of nitrogens with one attached hydrogen (secondary N) is 1. The van der Waals surface area contributed by atoms with Crippen molar-refractivity contribution in [2.75, 3.05) is 5.32 Å². The van der Waals surface area contributed by atoms with Crippen molar-refractivity contribution in [1.82, 2.24) is 4.98 Å². The second-order valence-corrected chi connectivity index (χ2v) is 1.63. The van der Waals surface area contributed by atoms with E-state index in [-0.39, 0.29) is 5.88 Å². The number of carbonyl (C=O) groups excluding carboxylic acids is 1. The van der Waals surface area contributed by atoms with Crippen LogP contribution in [0.15, 0.2) is 18.3 Å². The molecular formula is C6H5N2O2. The molecular weight excluding hydrogens is 132 g/mol. The number of pyridine rings is 1. The summed E-state index contributed by atoms with van der Waals surface area (Å²) in [4.78, 5) is 13.2. The summed E-state index contributed by atoms with van der Waals surface area (Å²) >= 11 is 0. The molecule has 4 heteroatoms. The Kier molecular flexibility index (Phi) is 1.84. The Morgan fingerprint density at radius 3 is 2.90 bits per heavy atom. The van der Waals surface area contributed by atoms with Crippen molar-refractivity contribution in [2.24, 2.45) is 0 Å². The zero-order valence-electron chi connectivity index (χ0n) is 5.03. The molecule has 10 heavy (non-hydrogen) atoms. The molecule has 0 bridgehead atoms. The van der Waals surface area contributed by atoms with Gasteiger partial charge in [0.05, 0.1) is 11.9 Å². The molecule has 0 saturated heterocycles. The third-order valence-electron chi connectivity index (χ3n) is 0.943. The second kappa shape index (κ2) is 2.82. The van der Waals surface area contributed by atoms with Gasteiger partial charge in [-0.05, 0) is 6.07 Å². The van der Waals surface area contributed by atoms with Gasteiger partial charge >= 0.3 is 6.41 Å². The van der Waals surface area contributed by atoms with Crippen LogP contribution in [-0.2, 0) is 4.79 Å². The summed E-state index contributed by atoms with van der Waals surface area (Å²) in [5.74, 6) is -0.0727. The quantitative estimate of drug-likeness (QED) is 0.575. The van der Waals surface area contributed by atoms with Crippen LogP contribution in [0.5, 0.6) is 5.88 Å². The molecule has 1 radical (unpaired) electrons. The molecule has 0 spiro atoms. The Bertz CT molecular complexity index is 220. The van der Waals surface area contributed by atoms with Crippen molar-refractivity contribution in [3.63, 3.8) is 0 Å². The van der Waals surface area contributed by atoms with Gasteiger partial charge in [0.15, 0.2) is 0 Å². The number of hydrogen-bond donors (Lipinski definition) is 2. The lowest BCUT2D eigenvalue weighted by atomic mass is 10.4. The number of anilines is 1. The summed E-state index contributed by atoms with van der Waals surface area (Å²) in [6, 6.07) is 2.90. The van der Waals surface area contributed by atoms with Gasteiger partial charge in [-0.1, -0.05) is 0 Å². The van der Waals surface area contributed by atoms with Crippen LogP contribution in [0.1, 0.15) is 0 Å². The Morgan fingerprint density at radius 1 is 1.60 bits per heavy atom. The minimum absolute atomic E-state index is 0.0727. The Labute approximate surface area is 57.5 Å². The lowest BCUT2D eigenvalue weighted by Crippen LogP contribution is -1.92. The highest BCUT2D eigenvalue weighted by molar-refractivity contribution is 5.71. The first-order valence-corrected chi connectivity index (χ1v) is 2.61. The molecule has 0 aliphatic heterocycles. The highest BCUT2D eigenvalue weighted by atomic mass is 16.3. The third kappa shape index (κ3) is 1.45. The first kappa shape index (κ1) is 6.54. The summed E-state index contributed by atoms with van der Waals surface area (Å²) < 4.78 is 0. The molecule has 1 amide bonds. The normalized spacial score (nSPS) is 8.80. The molecule has 0 atom stereocenters. The fourth-order valence-corrected chi connectivity index (χ4v) is 0.519. The van der Waals surface area contributed by atoms with Crippen molar-refractivity contribution in [1.29, 1.82) is 0 Å². The fourth-order valence-electron chi connectivity index (χ4n) is 0.519. The summed E-state index contributed by atoms with van der Waals surface area (Å²) in [5.41, 5.74) is 0.507. The zero-order valence-corrected chi connectivity index (χ0v) is 5.03. The number of hydrogen-bond acceptors (Lipinski definition) is 3. The van der Waals surface area contributed by atoms with Gasteiger partial charge in [-0.2, -0.15) is 0 Å². The van der Waals surface area contributed by atoms with Crippen LogP contribution in [0, 0.1) is 0 Å². The maximum atomic E-state index is 9.73. The van der Waals surface area contributed by atoms with Gasteiger partial charge in [-0.15, -0.1) is 0 Å². The molecule has 0 saturated carbocycles. The van der Waals surface area contributed by atoms with Crippen LogP contribution in [0.4, 0.5) is 5.69 Å². The molecule has 0 aliphatic rings. The van der Waals surface area contributed by atoms with E-state index in [1.165, 1.54) is 24.7 Å². The summed E-state index contributed by atoms with van der Waals surface area (Å²) in [6.07, 6.45) is 2.82. The molecule has 51 valence electrons. The average Bonchev–Trinajstić information content (AvgIpc) is 1.95. The fraction of sp³-hybridized carbons (Fsp3) is 0. The smallest absolute Gasteiger partial charge is 0.314 e. The highest BCUT2D eigenvalue weighted by Gasteiger charge is 1.90. The number of amides is 1. The molecule has 2 N–H and O–H groups in total. The zero-order chi connectivity index (χ0) is 7.40. The highest BCUT2D eigenvalue weighted by Crippen LogP contribution is 2.07. The van der Waals surface area contributed by atoms with Gasteiger partial charge < -0.3 is 10.4 Å². The van der Waals surface area contributed by atoms with Gasteiger partial charge in [-0.25, -0.2) is 4.98 Å². The lowest BCUT2D eigenvalue weighted by Gasteiger charge is -1.94. The lowest BCUT2D eigenvalue weighted by molar-refractivity contribution is 0.453. The van der Waals surface area contributed by atoms with Crippen LogP contribution in [0.25, 0.3) is 0 Å². The molecule has 0 unspecified atom stereocenters. The molecule has 1 rings (SSSR count). The van der Waals surface area contributed by atoms with E-state index in [1.54, 1.807) is 0 Å². The Hall–Kier alpha value is -1.58. The van der Waals surface area contributed by atoms with Crippen molar-refractivity contribution in [2.45, 2.75) is 0 Å². The SMILES string of the molecule is O=[C]Nc1ccc(O)nc1. The predicted octanol–water partition coefficient (Wildman–Crippen LogP) is 0.266. The predicted molar refractivity (Wildman–Crippen MR) is 35.2 cm³/mol. The van der Waals surface area contributed by atoms with E-state index in [4.69, 9.17) is 5.11 Å². The Morgan fingerprint density at radius 2 is 2.40 bits per heavy atom. The largest absolute Gasteiger partial charge is 0.493 e. The first-order valence-electron chi connectivity index (χ1n) is 2.61. The average molecular weight is 137 g/mol. The molecule has 0 fully saturated rings. The molecule has 1 heterocycles. The second-order valence-electron chi connectivity index (χ2n) is 1.63. The maximum Gasteiger partial charge on any atom is 0.314 e. The van der Waals surface area contributed by atoms with Crippen molar-refractivity contribution < 1.29 is 9.90 Å². The van der Waals surface area contributed by atoms with E-state index in [9.17, 15) is 4.79 Å².